The van der Waals surface area contributed by atoms with Crippen LogP contribution in [0.25, 0.3) is 0 Å². The van der Waals surface area contributed by atoms with Crippen LogP contribution in [-0.4, -0.2) is 28.0 Å². The van der Waals surface area contributed by atoms with E-state index in [1.165, 1.54) is 13.1 Å². The minimum Gasteiger partial charge on any atom is -0.480 e. The van der Waals surface area contributed by atoms with Gasteiger partial charge in [-0.25, -0.2) is 4.98 Å². The van der Waals surface area contributed by atoms with E-state index in [-0.39, 0.29) is 5.57 Å². The largest absolute Gasteiger partial charge is 0.480 e. The highest BCUT2D eigenvalue weighted by molar-refractivity contribution is 5.99. The fourth-order valence-corrected chi connectivity index (χ4v) is 1.26. The van der Waals surface area contributed by atoms with Gasteiger partial charge in [0.1, 0.15) is 23.5 Å². The number of carbonyl (C=O) groups is 2. The predicted molar refractivity (Wildman–Crippen MR) is 71.5 cm³/mol. The third-order valence-electron chi connectivity index (χ3n) is 2.45. The number of anilines is 1. The van der Waals surface area contributed by atoms with Gasteiger partial charge in [0.2, 0.25) is 0 Å². The average Bonchev–Trinajstić information content (AvgIpc) is 2.41. The highest BCUT2D eigenvalue weighted by atomic mass is 16.4. The summed E-state index contributed by atoms with van der Waals surface area (Å²) in [6.45, 7) is 3.13. The number of hydrogen-bond donors (Lipinski definition) is 3. The quantitative estimate of drug-likeness (QED) is 0.540. The van der Waals surface area contributed by atoms with Crippen molar-refractivity contribution in [2.45, 2.75) is 19.9 Å². The maximum absolute atomic E-state index is 11.7. The molecule has 1 atom stereocenters. The maximum Gasteiger partial charge on any atom is 0.325 e. The SMILES string of the molecule is Cc1cccnc1N/C=C(/C#N)C(=O)NC(C)C(=O)O. The molecule has 0 aliphatic rings. The summed E-state index contributed by atoms with van der Waals surface area (Å²) >= 11 is 0. The molecule has 20 heavy (non-hydrogen) atoms. The summed E-state index contributed by atoms with van der Waals surface area (Å²) in [5.74, 6) is -1.42. The number of carboxylic acids is 1. The summed E-state index contributed by atoms with van der Waals surface area (Å²) in [6, 6.07) is 4.21. The van der Waals surface area contributed by atoms with Gasteiger partial charge in [-0.15, -0.1) is 0 Å². The number of carboxylic acid groups (broad SMARTS) is 1. The van der Waals surface area contributed by atoms with Gasteiger partial charge in [0, 0.05) is 12.4 Å². The standard InChI is InChI=1S/C13H14N4O3/c1-8-4-3-5-15-11(8)16-7-10(6-14)12(18)17-9(2)13(19)20/h3-5,7,9H,1-2H3,(H,15,16)(H,17,18)(H,19,20)/b10-7-. The minimum atomic E-state index is -1.18. The number of pyridine rings is 1. The molecule has 0 aliphatic carbocycles. The molecule has 1 amide bonds. The van der Waals surface area contributed by atoms with Gasteiger partial charge < -0.3 is 15.7 Å². The number of aliphatic carboxylic acids is 1. The minimum absolute atomic E-state index is 0.233. The lowest BCUT2D eigenvalue weighted by Crippen LogP contribution is -2.39. The van der Waals surface area contributed by atoms with Crippen molar-refractivity contribution in [1.29, 1.82) is 5.26 Å². The molecule has 1 aromatic rings. The Morgan fingerprint density at radius 2 is 2.25 bits per heavy atom. The number of aryl methyl sites for hydroxylation is 1. The van der Waals surface area contributed by atoms with Gasteiger partial charge in [-0.05, 0) is 25.5 Å². The maximum atomic E-state index is 11.7. The summed E-state index contributed by atoms with van der Waals surface area (Å²) < 4.78 is 0. The van der Waals surface area contributed by atoms with E-state index in [2.05, 4.69) is 15.6 Å². The van der Waals surface area contributed by atoms with Gasteiger partial charge in [-0.1, -0.05) is 6.07 Å². The van der Waals surface area contributed by atoms with Crippen molar-refractivity contribution in [3.8, 4) is 6.07 Å². The summed E-state index contributed by atoms with van der Waals surface area (Å²) in [6.07, 6.45) is 2.76. The topological polar surface area (TPSA) is 115 Å². The summed E-state index contributed by atoms with van der Waals surface area (Å²) in [4.78, 5) is 26.3. The lowest BCUT2D eigenvalue weighted by Gasteiger charge is -2.08. The van der Waals surface area contributed by atoms with Crippen molar-refractivity contribution < 1.29 is 14.7 Å². The van der Waals surface area contributed by atoms with Crippen LogP contribution >= 0.6 is 0 Å². The van der Waals surface area contributed by atoms with Crippen LogP contribution in [-0.2, 0) is 9.59 Å². The lowest BCUT2D eigenvalue weighted by molar-refractivity contribution is -0.140. The van der Waals surface area contributed by atoms with Crippen molar-refractivity contribution >= 4 is 17.7 Å². The molecule has 0 spiro atoms. The van der Waals surface area contributed by atoms with Crippen LogP contribution in [0.4, 0.5) is 5.82 Å². The lowest BCUT2D eigenvalue weighted by atomic mass is 10.2. The van der Waals surface area contributed by atoms with E-state index in [1.54, 1.807) is 18.3 Å². The second kappa shape index (κ2) is 6.89. The van der Waals surface area contributed by atoms with Gasteiger partial charge in [0.05, 0.1) is 0 Å². The monoisotopic (exact) mass is 274 g/mol. The Labute approximate surface area is 115 Å². The number of amides is 1. The van der Waals surface area contributed by atoms with Crippen LogP contribution in [0.2, 0.25) is 0 Å². The van der Waals surface area contributed by atoms with Gasteiger partial charge in [0.25, 0.3) is 5.91 Å². The molecule has 1 aromatic heterocycles. The summed E-state index contributed by atoms with van der Waals surface area (Å²) in [5.41, 5.74) is 0.614. The predicted octanol–water partition coefficient (Wildman–Crippen LogP) is 0.799. The van der Waals surface area contributed by atoms with Crippen LogP contribution in [0.15, 0.2) is 30.1 Å². The third-order valence-corrected chi connectivity index (χ3v) is 2.45. The molecule has 1 rings (SSSR count). The van der Waals surface area contributed by atoms with Gasteiger partial charge in [-0.3, -0.25) is 9.59 Å². The Balaban J connectivity index is 2.79. The van der Waals surface area contributed by atoms with Crippen molar-refractivity contribution in [2.75, 3.05) is 5.32 Å². The molecule has 0 fully saturated rings. The van der Waals surface area contributed by atoms with Crippen molar-refractivity contribution in [1.82, 2.24) is 10.3 Å². The average molecular weight is 274 g/mol. The van der Waals surface area contributed by atoms with Crippen LogP contribution in [0.1, 0.15) is 12.5 Å². The first-order valence-corrected chi connectivity index (χ1v) is 5.77. The number of carbonyl (C=O) groups excluding carboxylic acids is 1. The number of nitriles is 1. The molecule has 7 nitrogen and oxygen atoms in total. The van der Waals surface area contributed by atoms with E-state index >= 15 is 0 Å². The van der Waals surface area contributed by atoms with E-state index in [0.717, 1.165) is 5.56 Å². The highest BCUT2D eigenvalue weighted by Gasteiger charge is 2.17. The smallest absolute Gasteiger partial charge is 0.325 e. The third kappa shape index (κ3) is 4.10. The summed E-state index contributed by atoms with van der Waals surface area (Å²) in [7, 11) is 0. The molecule has 1 unspecified atom stereocenters. The summed E-state index contributed by atoms with van der Waals surface area (Å²) in [5, 5.41) is 22.5. The Morgan fingerprint density at radius 3 is 2.80 bits per heavy atom. The molecule has 0 saturated carbocycles. The van der Waals surface area contributed by atoms with Gasteiger partial charge in [-0.2, -0.15) is 5.26 Å². The fraction of sp³-hybridized carbons (Fsp3) is 0.231. The second-order valence-corrected chi connectivity index (χ2v) is 4.02. The molecule has 3 N–H and O–H groups in total. The van der Waals surface area contributed by atoms with Crippen molar-refractivity contribution in [3.05, 3.63) is 35.7 Å². The van der Waals surface area contributed by atoms with E-state index < -0.39 is 17.9 Å². The number of aromatic nitrogens is 1. The van der Waals surface area contributed by atoms with Crippen LogP contribution in [0.5, 0.6) is 0 Å². The molecular formula is C13H14N4O3. The molecule has 0 aromatic carbocycles. The number of rotatable bonds is 5. The Morgan fingerprint density at radius 1 is 1.55 bits per heavy atom. The molecule has 0 aliphatic heterocycles. The number of hydrogen-bond acceptors (Lipinski definition) is 5. The van der Waals surface area contributed by atoms with E-state index in [4.69, 9.17) is 10.4 Å². The van der Waals surface area contributed by atoms with E-state index in [0.29, 0.717) is 5.82 Å². The van der Waals surface area contributed by atoms with E-state index in [9.17, 15) is 9.59 Å². The molecule has 1 heterocycles. The van der Waals surface area contributed by atoms with Crippen LogP contribution in [0, 0.1) is 18.3 Å². The fourth-order valence-electron chi connectivity index (χ4n) is 1.26. The molecule has 0 bridgehead atoms. The zero-order chi connectivity index (χ0) is 15.1. The highest BCUT2D eigenvalue weighted by Crippen LogP contribution is 2.09. The normalized spacial score (nSPS) is 12.2. The first-order valence-electron chi connectivity index (χ1n) is 5.77. The van der Waals surface area contributed by atoms with Gasteiger partial charge in [0.15, 0.2) is 0 Å². The zero-order valence-corrected chi connectivity index (χ0v) is 11.0. The van der Waals surface area contributed by atoms with Crippen LogP contribution in [0.3, 0.4) is 0 Å². The molecule has 0 radical (unpaired) electrons. The van der Waals surface area contributed by atoms with Gasteiger partial charge >= 0.3 is 5.97 Å². The molecule has 0 saturated heterocycles. The number of nitrogens with zero attached hydrogens (tertiary/aromatic N) is 2. The molecule has 7 heteroatoms. The van der Waals surface area contributed by atoms with Crippen LogP contribution < -0.4 is 10.6 Å². The molecule has 104 valence electrons. The first kappa shape index (κ1) is 15.2. The zero-order valence-electron chi connectivity index (χ0n) is 11.0. The second-order valence-electron chi connectivity index (χ2n) is 4.02. The Hall–Kier alpha value is -2.88. The van der Waals surface area contributed by atoms with Crippen molar-refractivity contribution in [3.63, 3.8) is 0 Å². The number of nitrogens with one attached hydrogen (secondary N) is 2. The molecular weight excluding hydrogens is 260 g/mol. The van der Waals surface area contributed by atoms with E-state index in [1.807, 2.05) is 13.0 Å². The first-order chi connectivity index (χ1) is 9.45. The van der Waals surface area contributed by atoms with Crippen molar-refractivity contribution in [2.24, 2.45) is 0 Å². The Kier molecular flexibility index (Phi) is 5.23. The Bertz CT molecular complexity index is 590.